The second-order valence-corrected chi connectivity index (χ2v) is 5.80. The van der Waals surface area contributed by atoms with Gasteiger partial charge >= 0.3 is 0 Å². The van der Waals surface area contributed by atoms with E-state index in [1.54, 1.807) is 12.1 Å². The number of nitrogens with zero attached hydrogens (tertiary/aromatic N) is 2. The van der Waals surface area contributed by atoms with E-state index in [9.17, 15) is 4.79 Å². The Bertz CT molecular complexity index is 672. The fraction of sp³-hybridized carbons (Fsp3) is 0.389. The van der Waals surface area contributed by atoms with Crippen molar-refractivity contribution in [3.8, 4) is 0 Å². The lowest BCUT2D eigenvalue weighted by Gasteiger charge is -2.36. The van der Waals surface area contributed by atoms with Crippen LogP contribution in [0.2, 0.25) is 0 Å². The monoisotopic (exact) mass is 282 g/mol. The fourth-order valence-corrected chi connectivity index (χ4v) is 3.04. The number of hydrogen-bond acceptors (Lipinski definition) is 2. The summed E-state index contributed by atoms with van der Waals surface area (Å²) in [6.07, 6.45) is 3.00. The van der Waals surface area contributed by atoms with Crippen LogP contribution in [0.3, 0.4) is 0 Å². The van der Waals surface area contributed by atoms with Crippen molar-refractivity contribution in [1.82, 2.24) is 9.47 Å². The minimum atomic E-state index is 0.0993. The van der Waals surface area contributed by atoms with E-state index in [2.05, 4.69) is 47.6 Å². The molecule has 0 radical (unpaired) electrons. The van der Waals surface area contributed by atoms with Crippen molar-refractivity contribution in [1.29, 1.82) is 0 Å². The fourth-order valence-electron chi connectivity index (χ4n) is 3.04. The van der Waals surface area contributed by atoms with Crippen molar-refractivity contribution < 1.29 is 0 Å². The molecule has 1 unspecified atom stereocenters. The summed E-state index contributed by atoms with van der Waals surface area (Å²) in [4.78, 5) is 14.0. The van der Waals surface area contributed by atoms with E-state index in [0.29, 0.717) is 0 Å². The third kappa shape index (κ3) is 2.93. The lowest BCUT2D eigenvalue weighted by Crippen LogP contribution is -2.37. The normalized spacial score (nSPS) is 18.5. The van der Waals surface area contributed by atoms with Gasteiger partial charge in [0.1, 0.15) is 0 Å². The number of fused-ring (bicyclic) bond motifs is 1. The first-order valence-corrected chi connectivity index (χ1v) is 7.69. The lowest BCUT2D eigenvalue weighted by atomic mass is 10.1. The number of hydrogen-bond donors (Lipinski definition) is 0. The summed E-state index contributed by atoms with van der Waals surface area (Å²) < 4.78 is 2.20. The van der Waals surface area contributed by atoms with Crippen LogP contribution in [0.15, 0.2) is 47.4 Å². The maximum Gasteiger partial charge on any atom is 0.181 e. The highest BCUT2D eigenvalue weighted by molar-refractivity contribution is 5.23. The van der Waals surface area contributed by atoms with E-state index >= 15 is 0 Å². The zero-order valence-corrected chi connectivity index (χ0v) is 12.7. The van der Waals surface area contributed by atoms with Gasteiger partial charge in [0.05, 0.1) is 0 Å². The van der Waals surface area contributed by atoms with Crippen LogP contribution in [-0.2, 0) is 19.5 Å². The van der Waals surface area contributed by atoms with Gasteiger partial charge in [-0.15, -0.1) is 0 Å². The van der Waals surface area contributed by atoms with Crippen molar-refractivity contribution in [2.45, 2.75) is 39.4 Å². The summed E-state index contributed by atoms with van der Waals surface area (Å²) in [7, 11) is 0. The van der Waals surface area contributed by atoms with E-state index in [-0.39, 0.29) is 11.5 Å². The topological polar surface area (TPSA) is 25.2 Å². The van der Waals surface area contributed by atoms with Gasteiger partial charge in [-0.05, 0) is 24.5 Å². The quantitative estimate of drug-likeness (QED) is 0.864. The molecule has 21 heavy (non-hydrogen) atoms. The van der Waals surface area contributed by atoms with E-state index in [4.69, 9.17) is 0 Å². The van der Waals surface area contributed by atoms with E-state index < -0.39 is 0 Å². The molecule has 1 atom stereocenters. The van der Waals surface area contributed by atoms with Gasteiger partial charge in [-0.1, -0.05) is 31.2 Å². The Morgan fingerprint density at radius 2 is 1.81 bits per heavy atom. The minimum Gasteiger partial charge on any atom is -0.348 e. The average molecular weight is 282 g/mol. The molecule has 0 saturated heterocycles. The summed E-state index contributed by atoms with van der Waals surface area (Å²) in [5, 5.41) is 0. The average Bonchev–Trinajstić information content (AvgIpc) is 2.51. The van der Waals surface area contributed by atoms with Gasteiger partial charge in [-0.3, -0.25) is 9.69 Å². The third-order valence-electron chi connectivity index (χ3n) is 4.46. The molecular weight excluding hydrogens is 260 g/mol. The summed E-state index contributed by atoms with van der Waals surface area (Å²) in [6, 6.07) is 12.6. The molecule has 3 nitrogen and oxygen atoms in total. The molecule has 0 amide bonds. The highest BCUT2D eigenvalue weighted by Gasteiger charge is 2.23. The zero-order chi connectivity index (χ0) is 14.8. The number of benzene rings is 1. The number of pyridine rings is 1. The van der Waals surface area contributed by atoms with Gasteiger partial charge in [0.25, 0.3) is 0 Å². The maximum absolute atomic E-state index is 11.6. The standard InChI is InChI=1S/C18H22N2O/c1-3-15-4-6-16(7-5-15)13-20-11-10-19-9-8-17(21)12-18(19)14(20)2/h4-9,12,14H,3,10-11,13H2,1-2H3. The molecule has 3 rings (SSSR count). The van der Waals surface area contributed by atoms with Crippen LogP contribution >= 0.6 is 0 Å². The Morgan fingerprint density at radius 3 is 2.52 bits per heavy atom. The summed E-state index contributed by atoms with van der Waals surface area (Å²) in [5.41, 5.74) is 3.94. The Balaban J connectivity index is 1.79. The van der Waals surface area contributed by atoms with Crippen LogP contribution in [0.1, 0.15) is 36.7 Å². The Hall–Kier alpha value is -1.87. The number of aromatic nitrogens is 1. The molecular formula is C18H22N2O. The lowest BCUT2D eigenvalue weighted by molar-refractivity contribution is 0.159. The van der Waals surface area contributed by atoms with E-state index in [1.165, 1.54) is 11.1 Å². The smallest absolute Gasteiger partial charge is 0.181 e. The highest BCUT2D eigenvalue weighted by atomic mass is 16.1. The van der Waals surface area contributed by atoms with Crippen molar-refractivity contribution >= 4 is 0 Å². The molecule has 1 aromatic heterocycles. The number of aryl methyl sites for hydroxylation is 1. The molecule has 0 spiro atoms. The van der Waals surface area contributed by atoms with Crippen molar-refractivity contribution in [2.75, 3.05) is 6.54 Å². The third-order valence-corrected chi connectivity index (χ3v) is 4.46. The van der Waals surface area contributed by atoms with Crippen LogP contribution in [0.4, 0.5) is 0 Å². The molecule has 0 N–H and O–H groups in total. The summed E-state index contributed by atoms with van der Waals surface area (Å²) in [5.74, 6) is 0. The first-order valence-electron chi connectivity index (χ1n) is 7.69. The second kappa shape index (κ2) is 5.86. The van der Waals surface area contributed by atoms with Crippen molar-refractivity contribution in [3.63, 3.8) is 0 Å². The first-order chi connectivity index (χ1) is 10.2. The molecule has 110 valence electrons. The molecule has 1 aliphatic rings. The van der Waals surface area contributed by atoms with Crippen LogP contribution < -0.4 is 5.43 Å². The van der Waals surface area contributed by atoms with Gasteiger partial charge in [0.2, 0.25) is 0 Å². The molecule has 1 aliphatic heterocycles. The largest absolute Gasteiger partial charge is 0.348 e. The maximum atomic E-state index is 11.6. The Kier molecular flexibility index (Phi) is 3.93. The van der Waals surface area contributed by atoms with Gasteiger partial charge < -0.3 is 4.57 Å². The predicted octanol–water partition coefficient (Wildman–Crippen LogP) is 2.99. The van der Waals surface area contributed by atoms with Crippen LogP contribution in [0.5, 0.6) is 0 Å². The number of rotatable bonds is 3. The van der Waals surface area contributed by atoms with Crippen molar-refractivity contribution in [2.24, 2.45) is 0 Å². The predicted molar refractivity (Wildman–Crippen MR) is 85.3 cm³/mol. The van der Waals surface area contributed by atoms with Crippen LogP contribution in [0, 0.1) is 0 Å². The zero-order valence-electron chi connectivity index (χ0n) is 12.7. The molecule has 2 aromatic rings. The van der Waals surface area contributed by atoms with Crippen LogP contribution in [-0.4, -0.2) is 16.0 Å². The molecule has 0 saturated carbocycles. The van der Waals surface area contributed by atoms with Crippen LogP contribution in [0.25, 0.3) is 0 Å². The Morgan fingerprint density at radius 1 is 1.10 bits per heavy atom. The van der Waals surface area contributed by atoms with E-state index in [1.807, 2.05) is 6.20 Å². The highest BCUT2D eigenvalue weighted by Crippen LogP contribution is 2.25. The molecule has 0 fully saturated rings. The summed E-state index contributed by atoms with van der Waals surface area (Å²) >= 11 is 0. The van der Waals surface area contributed by atoms with Gasteiger partial charge in [0, 0.05) is 49.7 Å². The SMILES string of the molecule is CCc1ccc(CN2CCn3ccc(=O)cc3C2C)cc1. The van der Waals surface area contributed by atoms with Crippen molar-refractivity contribution in [3.05, 3.63) is 69.6 Å². The summed E-state index contributed by atoms with van der Waals surface area (Å²) in [6.45, 7) is 7.27. The van der Waals surface area contributed by atoms with Gasteiger partial charge in [0.15, 0.2) is 5.43 Å². The van der Waals surface area contributed by atoms with E-state index in [0.717, 1.165) is 31.7 Å². The first kappa shape index (κ1) is 14.1. The molecule has 0 bridgehead atoms. The minimum absolute atomic E-state index is 0.0993. The second-order valence-electron chi connectivity index (χ2n) is 5.80. The molecule has 2 heterocycles. The molecule has 0 aliphatic carbocycles. The molecule has 3 heteroatoms. The van der Waals surface area contributed by atoms with Gasteiger partial charge in [-0.25, -0.2) is 0 Å². The Labute approximate surface area is 125 Å². The molecule has 1 aromatic carbocycles. The van der Waals surface area contributed by atoms with Gasteiger partial charge in [-0.2, -0.15) is 0 Å².